The highest BCUT2D eigenvalue weighted by Crippen LogP contribution is 2.10. The standard InChI is InChI=1S/C16H22/c1-4-15(12-8-9-14(2)3)13-16-10-6-5-7-11-16/h4-8,10-12,14H,9,13H2,1-3H3/b12-8-,15-4+. The number of rotatable bonds is 5. The first-order valence-corrected chi connectivity index (χ1v) is 6.08. The van der Waals surface area contributed by atoms with E-state index < -0.39 is 0 Å². The van der Waals surface area contributed by atoms with E-state index in [1.165, 1.54) is 11.1 Å². The van der Waals surface area contributed by atoms with Gasteiger partial charge in [-0.25, -0.2) is 0 Å². The van der Waals surface area contributed by atoms with Gasteiger partial charge in [0.1, 0.15) is 0 Å². The number of hydrogen-bond donors (Lipinski definition) is 0. The monoisotopic (exact) mass is 214 g/mol. The van der Waals surface area contributed by atoms with E-state index in [4.69, 9.17) is 0 Å². The molecule has 0 radical (unpaired) electrons. The Morgan fingerprint density at radius 3 is 2.44 bits per heavy atom. The quantitative estimate of drug-likeness (QED) is 0.619. The predicted octanol–water partition coefficient (Wildman–Crippen LogP) is 4.78. The van der Waals surface area contributed by atoms with E-state index in [0.717, 1.165) is 18.8 Å². The second-order valence-electron chi connectivity index (χ2n) is 4.56. The zero-order valence-corrected chi connectivity index (χ0v) is 10.6. The Bertz CT molecular complexity index is 342. The van der Waals surface area contributed by atoms with Crippen LogP contribution in [-0.2, 0) is 6.42 Å². The Balaban J connectivity index is 2.54. The molecule has 0 spiro atoms. The average molecular weight is 214 g/mol. The van der Waals surface area contributed by atoms with Crippen molar-refractivity contribution in [2.24, 2.45) is 5.92 Å². The molecule has 0 fully saturated rings. The molecule has 1 aromatic carbocycles. The molecule has 16 heavy (non-hydrogen) atoms. The highest BCUT2D eigenvalue weighted by molar-refractivity contribution is 5.27. The Morgan fingerprint density at radius 1 is 1.19 bits per heavy atom. The van der Waals surface area contributed by atoms with Gasteiger partial charge in [-0.15, -0.1) is 0 Å². The molecular weight excluding hydrogens is 192 g/mol. The van der Waals surface area contributed by atoms with Gasteiger partial charge in [0.2, 0.25) is 0 Å². The molecule has 0 bridgehead atoms. The van der Waals surface area contributed by atoms with Crippen LogP contribution in [0.4, 0.5) is 0 Å². The van der Waals surface area contributed by atoms with E-state index in [9.17, 15) is 0 Å². The second kappa shape index (κ2) is 7.05. The molecule has 0 N–H and O–H groups in total. The highest BCUT2D eigenvalue weighted by Gasteiger charge is 1.95. The number of allylic oxidation sites excluding steroid dienone is 4. The maximum atomic E-state index is 2.28. The smallest absolute Gasteiger partial charge is 0.00292 e. The van der Waals surface area contributed by atoms with Crippen molar-refractivity contribution >= 4 is 0 Å². The Kier molecular flexibility index (Phi) is 5.63. The van der Waals surface area contributed by atoms with Crippen LogP contribution >= 0.6 is 0 Å². The Hall–Kier alpha value is -1.30. The zero-order valence-electron chi connectivity index (χ0n) is 10.6. The third-order valence-electron chi connectivity index (χ3n) is 2.56. The van der Waals surface area contributed by atoms with Gasteiger partial charge in [0.15, 0.2) is 0 Å². The van der Waals surface area contributed by atoms with Crippen molar-refractivity contribution in [2.75, 3.05) is 0 Å². The van der Waals surface area contributed by atoms with Crippen LogP contribution in [0, 0.1) is 5.92 Å². The van der Waals surface area contributed by atoms with Crippen LogP contribution in [0.5, 0.6) is 0 Å². The lowest BCUT2D eigenvalue weighted by atomic mass is 10.0. The minimum Gasteiger partial charge on any atom is -0.0841 e. The van der Waals surface area contributed by atoms with Crippen molar-refractivity contribution < 1.29 is 0 Å². The van der Waals surface area contributed by atoms with Gasteiger partial charge in [0.05, 0.1) is 0 Å². The van der Waals surface area contributed by atoms with E-state index in [1.54, 1.807) is 0 Å². The summed E-state index contributed by atoms with van der Waals surface area (Å²) < 4.78 is 0. The van der Waals surface area contributed by atoms with Crippen LogP contribution in [0.25, 0.3) is 0 Å². The molecule has 0 heterocycles. The van der Waals surface area contributed by atoms with Gasteiger partial charge < -0.3 is 0 Å². The minimum absolute atomic E-state index is 0.742. The van der Waals surface area contributed by atoms with Crippen molar-refractivity contribution in [1.82, 2.24) is 0 Å². The number of hydrogen-bond acceptors (Lipinski definition) is 0. The van der Waals surface area contributed by atoms with Gasteiger partial charge >= 0.3 is 0 Å². The van der Waals surface area contributed by atoms with Crippen LogP contribution in [0.1, 0.15) is 32.8 Å². The first kappa shape index (κ1) is 12.8. The van der Waals surface area contributed by atoms with Crippen LogP contribution in [0.15, 0.2) is 54.1 Å². The lowest BCUT2D eigenvalue weighted by Gasteiger charge is -2.03. The third-order valence-corrected chi connectivity index (χ3v) is 2.56. The largest absolute Gasteiger partial charge is 0.0841 e. The first-order chi connectivity index (χ1) is 7.72. The second-order valence-corrected chi connectivity index (χ2v) is 4.56. The van der Waals surface area contributed by atoms with E-state index in [-0.39, 0.29) is 0 Å². The molecule has 0 saturated carbocycles. The molecule has 0 saturated heterocycles. The van der Waals surface area contributed by atoms with Gasteiger partial charge in [0.25, 0.3) is 0 Å². The predicted molar refractivity (Wildman–Crippen MR) is 72.5 cm³/mol. The maximum absolute atomic E-state index is 2.28. The molecule has 0 heteroatoms. The summed E-state index contributed by atoms with van der Waals surface area (Å²) in [4.78, 5) is 0. The van der Waals surface area contributed by atoms with Gasteiger partial charge in [-0.2, -0.15) is 0 Å². The van der Waals surface area contributed by atoms with E-state index in [1.807, 2.05) is 0 Å². The minimum atomic E-state index is 0.742. The van der Waals surface area contributed by atoms with Gasteiger partial charge in [-0.05, 0) is 36.8 Å². The topological polar surface area (TPSA) is 0 Å². The zero-order chi connectivity index (χ0) is 11.8. The molecule has 1 aromatic rings. The van der Waals surface area contributed by atoms with Crippen LogP contribution < -0.4 is 0 Å². The maximum Gasteiger partial charge on any atom is -0.00292 e. The highest BCUT2D eigenvalue weighted by atomic mass is 14.0. The lowest BCUT2D eigenvalue weighted by Crippen LogP contribution is -1.88. The summed E-state index contributed by atoms with van der Waals surface area (Å²) in [6.45, 7) is 6.60. The Morgan fingerprint density at radius 2 is 1.88 bits per heavy atom. The van der Waals surface area contributed by atoms with Crippen LogP contribution in [0.2, 0.25) is 0 Å². The molecule has 0 aliphatic carbocycles. The first-order valence-electron chi connectivity index (χ1n) is 6.08. The van der Waals surface area contributed by atoms with Crippen LogP contribution in [0.3, 0.4) is 0 Å². The Labute approximate surface area is 99.7 Å². The lowest BCUT2D eigenvalue weighted by molar-refractivity contribution is 0.663. The summed E-state index contributed by atoms with van der Waals surface area (Å²) in [5.41, 5.74) is 2.77. The van der Waals surface area contributed by atoms with Gasteiger partial charge in [-0.3, -0.25) is 0 Å². The SMILES string of the molecule is C/C=C(\C=C/CC(C)C)Cc1ccccc1. The summed E-state index contributed by atoms with van der Waals surface area (Å²) in [7, 11) is 0. The summed E-state index contributed by atoms with van der Waals surface area (Å²) in [6, 6.07) is 10.6. The fourth-order valence-electron chi connectivity index (χ4n) is 1.58. The average Bonchev–Trinajstić information content (AvgIpc) is 2.28. The molecule has 0 atom stereocenters. The van der Waals surface area contributed by atoms with E-state index in [0.29, 0.717) is 0 Å². The fourth-order valence-corrected chi connectivity index (χ4v) is 1.58. The molecule has 0 aromatic heterocycles. The summed E-state index contributed by atoms with van der Waals surface area (Å²) in [6.07, 6.45) is 8.93. The molecule has 0 amide bonds. The van der Waals surface area contributed by atoms with Crippen LogP contribution in [-0.4, -0.2) is 0 Å². The molecule has 0 unspecified atom stereocenters. The number of benzene rings is 1. The third kappa shape index (κ3) is 4.97. The van der Waals surface area contributed by atoms with Crippen molar-refractivity contribution in [1.29, 1.82) is 0 Å². The van der Waals surface area contributed by atoms with Crippen molar-refractivity contribution in [3.63, 3.8) is 0 Å². The molecule has 0 aliphatic rings. The van der Waals surface area contributed by atoms with Gasteiger partial charge in [0, 0.05) is 0 Å². The summed E-state index contributed by atoms with van der Waals surface area (Å²) >= 11 is 0. The summed E-state index contributed by atoms with van der Waals surface area (Å²) in [5.74, 6) is 0.742. The van der Waals surface area contributed by atoms with Crippen molar-refractivity contribution in [3.05, 3.63) is 59.7 Å². The van der Waals surface area contributed by atoms with E-state index in [2.05, 4.69) is 69.3 Å². The van der Waals surface area contributed by atoms with Gasteiger partial charge in [-0.1, -0.05) is 62.4 Å². The van der Waals surface area contributed by atoms with E-state index >= 15 is 0 Å². The molecule has 1 rings (SSSR count). The molecule has 86 valence electrons. The molecule has 0 nitrogen and oxygen atoms in total. The molecule has 0 aliphatic heterocycles. The normalized spacial score (nSPS) is 12.6. The van der Waals surface area contributed by atoms with Crippen molar-refractivity contribution in [2.45, 2.75) is 33.6 Å². The fraction of sp³-hybridized carbons (Fsp3) is 0.375. The summed E-state index contributed by atoms with van der Waals surface area (Å²) in [5, 5.41) is 0. The molecular formula is C16H22. The van der Waals surface area contributed by atoms with Crippen molar-refractivity contribution in [3.8, 4) is 0 Å².